The minimum absolute atomic E-state index is 0.209. The van der Waals surface area contributed by atoms with Gasteiger partial charge in [0, 0.05) is 37.2 Å². The van der Waals surface area contributed by atoms with Gasteiger partial charge in [-0.25, -0.2) is 0 Å². The average molecular weight is 571 g/mol. The van der Waals surface area contributed by atoms with Crippen molar-refractivity contribution >= 4 is 5.97 Å². The Morgan fingerprint density at radius 2 is 1.79 bits per heavy atom. The number of likely N-dealkylation sites (tertiary alicyclic amines) is 1. The number of aromatic nitrogens is 2. The van der Waals surface area contributed by atoms with Gasteiger partial charge < -0.3 is 15.3 Å². The van der Waals surface area contributed by atoms with Gasteiger partial charge in [0.05, 0.1) is 5.69 Å². The molecule has 1 aliphatic heterocycles. The third-order valence-corrected chi connectivity index (χ3v) is 9.57. The lowest BCUT2D eigenvalue weighted by Gasteiger charge is -2.35. The highest BCUT2D eigenvalue weighted by Gasteiger charge is 2.40. The molecular weight excluding hydrogens is 520 g/mol. The van der Waals surface area contributed by atoms with Crippen molar-refractivity contribution in [2.45, 2.75) is 97.2 Å². The van der Waals surface area contributed by atoms with Crippen molar-refractivity contribution in [3.05, 3.63) is 88.7 Å². The molecule has 2 N–H and O–H groups in total. The van der Waals surface area contributed by atoms with Crippen LogP contribution in [-0.4, -0.2) is 57.5 Å². The molecule has 42 heavy (non-hydrogen) atoms. The summed E-state index contributed by atoms with van der Waals surface area (Å²) in [5.74, 6) is 0.746. The van der Waals surface area contributed by atoms with E-state index in [4.69, 9.17) is 5.10 Å². The Morgan fingerprint density at radius 1 is 1.05 bits per heavy atom. The molecule has 1 aliphatic carbocycles. The number of hydrogen-bond acceptors (Lipinski definition) is 4. The number of carboxylic acids is 1. The van der Waals surface area contributed by atoms with Gasteiger partial charge in [-0.2, -0.15) is 5.10 Å². The van der Waals surface area contributed by atoms with E-state index in [1.54, 1.807) is 0 Å². The van der Waals surface area contributed by atoms with E-state index < -0.39 is 12.0 Å². The number of aliphatic carboxylic acids is 1. The van der Waals surface area contributed by atoms with Crippen LogP contribution in [0.3, 0.4) is 0 Å². The molecule has 2 heterocycles. The summed E-state index contributed by atoms with van der Waals surface area (Å²) in [7, 11) is 0. The maximum Gasteiger partial charge on any atom is 0.321 e. The van der Waals surface area contributed by atoms with Crippen molar-refractivity contribution in [3.63, 3.8) is 0 Å². The van der Waals surface area contributed by atoms with Gasteiger partial charge in [0.15, 0.2) is 0 Å². The number of benzene rings is 2. The first-order valence-electron chi connectivity index (χ1n) is 16.0. The summed E-state index contributed by atoms with van der Waals surface area (Å²) >= 11 is 0. The fourth-order valence-electron chi connectivity index (χ4n) is 7.40. The highest BCUT2D eigenvalue weighted by Crippen LogP contribution is 2.42. The number of rotatable bonds is 10. The maximum atomic E-state index is 12.1. The zero-order valence-corrected chi connectivity index (χ0v) is 26.2. The number of nitrogens with zero attached hydrogens (tertiary/aromatic N) is 3. The molecule has 226 valence electrons. The monoisotopic (exact) mass is 570 g/mol. The molecule has 1 saturated carbocycles. The molecule has 0 amide bonds. The predicted octanol–water partition coefficient (Wildman–Crippen LogP) is 6.63. The molecule has 4 atom stereocenters. The van der Waals surface area contributed by atoms with E-state index in [1.165, 1.54) is 28.1 Å². The summed E-state index contributed by atoms with van der Waals surface area (Å²) in [6.07, 6.45) is 5.21. The second-order valence-corrected chi connectivity index (χ2v) is 13.9. The van der Waals surface area contributed by atoms with Gasteiger partial charge in [-0.1, -0.05) is 80.9 Å². The molecule has 6 heteroatoms. The summed E-state index contributed by atoms with van der Waals surface area (Å²) in [5.41, 5.74) is 6.23. The quantitative estimate of drug-likeness (QED) is 0.286. The number of hydrogen-bond donors (Lipinski definition) is 2. The highest BCUT2D eigenvalue weighted by atomic mass is 16.4. The number of piperidine rings is 1. The van der Waals surface area contributed by atoms with Crippen LogP contribution in [0.5, 0.6) is 0 Å². The highest BCUT2D eigenvalue weighted by molar-refractivity contribution is 5.74. The first-order valence-corrected chi connectivity index (χ1v) is 16.0. The van der Waals surface area contributed by atoms with Gasteiger partial charge in [0.1, 0.15) is 6.04 Å². The number of nitrogens with one attached hydrogen (secondary N) is 1. The van der Waals surface area contributed by atoms with Crippen molar-refractivity contribution in [2.75, 3.05) is 19.6 Å². The van der Waals surface area contributed by atoms with Gasteiger partial charge >= 0.3 is 5.97 Å². The smallest absolute Gasteiger partial charge is 0.321 e. The number of carboxylic acid groups (broad SMARTS) is 1. The Labute approximate surface area is 252 Å². The lowest BCUT2D eigenvalue weighted by Crippen LogP contribution is -2.50. The van der Waals surface area contributed by atoms with Crippen LogP contribution in [0.2, 0.25) is 0 Å². The van der Waals surface area contributed by atoms with Crippen molar-refractivity contribution in [1.82, 2.24) is 20.0 Å². The van der Waals surface area contributed by atoms with Crippen molar-refractivity contribution < 1.29 is 9.90 Å². The standard InChI is InChI=1S/C36H50N4O2/c1-6-40-33(23-31(38-40)20-26-12-8-7-9-13-26)27-15-17-39(18-16-27)24-29-21-30(37-34(35(41)42)36(3,4)5)22-32(29)28-14-10-11-25(2)19-28/h7-14,19,23,27,29-30,32,34,37H,6,15-18,20-22,24H2,1-5H3,(H,41,42). The van der Waals surface area contributed by atoms with E-state index in [9.17, 15) is 9.90 Å². The Kier molecular flexibility index (Phi) is 9.54. The van der Waals surface area contributed by atoms with Gasteiger partial charge in [0.25, 0.3) is 0 Å². The zero-order valence-electron chi connectivity index (χ0n) is 26.2. The SMILES string of the molecule is CCn1nc(Cc2ccccc2)cc1C1CCN(CC2CC(NC(C(=O)O)C(C)(C)C)CC2c2cccc(C)c2)CC1. The second kappa shape index (κ2) is 13.1. The topological polar surface area (TPSA) is 70.4 Å². The molecular formula is C36H50N4O2. The second-order valence-electron chi connectivity index (χ2n) is 13.9. The molecule has 2 fully saturated rings. The van der Waals surface area contributed by atoms with Crippen LogP contribution in [0.4, 0.5) is 0 Å². The Morgan fingerprint density at radius 3 is 2.43 bits per heavy atom. The van der Waals surface area contributed by atoms with Gasteiger partial charge in [-0.3, -0.25) is 9.48 Å². The largest absolute Gasteiger partial charge is 0.480 e. The van der Waals surface area contributed by atoms with Crippen molar-refractivity contribution in [3.8, 4) is 0 Å². The van der Waals surface area contributed by atoms with Gasteiger partial charge in [0.2, 0.25) is 0 Å². The molecule has 1 aromatic heterocycles. The normalized spacial score (nSPS) is 22.8. The summed E-state index contributed by atoms with van der Waals surface area (Å²) in [6.45, 7) is 14.6. The molecule has 1 saturated heterocycles. The van der Waals surface area contributed by atoms with Crippen LogP contribution >= 0.6 is 0 Å². The van der Waals surface area contributed by atoms with E-state index in [2.05, 4.69) is 89.4 Å². The molecule has 2 aliphatic rings. The third kappa shape index (κ3) is 7.33. The summed E-state index contributed by atoms with van der Waals surface area (Å²) in [6, 6.07) is 21.6. The van der Waals surface area contributed by atoms with Gasteiger partial charge in [-0.15, -0.1) is 0 Å². The summed E-state index contributed by atoms with van der Waals surface area (Å²) in [5, 5.41) is 18.5. The van der Waals surface area contributed by atoms with E-state index in [0.29, 0.717) is 17.8 Å². The van der Waals surface area contributed by atoms with Crippen LogP contribution in [0.25, 0.3) is 0 Å². The lowest BCUT2D eigenvalue weighted by atomic mass is 9.86. The third-order valence-electron chi connectivity index (χ3n) is 9.57. The molecule has 2 aromatic carbocycles. The number of carbonyl (C=O) groups is 1. The van der Waals surface area contributed by atoms with Crippen LogP contribution < -0.4 is 5.32 Å². The van der Waals surface area contributed by atoms with E-state index in [0.717, 1.165) is 58.3 Å². The molecule has 4 unspecified atom stereocenters. The Bertz CT molecular complexity index is 1320. The van der Waals surface area contributed by atoms with Gasteiger partial charge in [-0.05, 0) is 87.1 Å². The lowest BCUT2D eigenvalue weighted by molar-refractivity contribution is -0.142. The molecule has 0 spiro atoms. The van der Waals surface area contributed by atoms with Crippen LogP contribution in [0, 0.1) is 18.3 Å². The molecule has 6 nitrogen and oxygen atoms in total. The van der Waals surface area contributed by atoms with E-state index in [-0.39, 0.29) is 11.5 Å². The first kappa shape index (κ1) is 30.5. The summed E-state index contributed by atoms with van der Waals surface area (Å²) < 4.78 is 2.23. The van der Waals surface area contributed by atoms with Crippen LogP contribution in [-0.2, 0) is 17.8 Å². The number of aryl methyl sites for hydroxylation is 2. The maximum absolute atomic E-state index is 12.1. The summed E-state index contributed by atoms with van der Waals surface area (Å²) in [4.78, 5) is 14.8. The van der Waals surface area contributed by atoms with Crippen molar-refractivity contribution in [2.24, 2.45) is 11.3 Å². The zero-order chi connectivity index (χ0) is 29.9. The van der Waals surface area contributed by atoms with E-state index >= 15 is 0 Å². The van der Waals surface area contributed by atoms with E-state index in [1.807, 2.05) is 20.8 Å². The van der Waals surface area contributed by atoms with Crippen LogP contribution in [0.15, 0.2) is 60.7 Å². The predicted molar refractivity (Wildman–Crippen MR) is 170 cm³/mol. The first-order chi connectivity index (χ1) is 20.1. The molecule has 5 rings (SSSR count). The fraction of sp³-hybridized carbons (Fsp3) is 0.556. The molecule has 3 aromatic rings. The minimum Gasteiger partial charge on any atom is -0.480 e. The fourth-order valence-corrected chi connectivity index (χ4v) is 7.40. The van der Waals surface area contributed by atoms with Crippen LogP contribution in [0.1, 0.15) is 93.3 Å². The Balaban J connectivity index is 1.25. The van der Waals surface area contributed by atoms with Crippen molar-refractivity contribution in [1.29, 1.82) is 0 Å². The minimum atomic E-state index is -0.752. The average Bonchev–Trinajstić information content (AvgIpc) is 3.55. The Hall–Kier alpha value is -2.96. The molecule has 0 radical (unpaired) electrons. The molecule has 0 bridgehead atoms.